The topological polar surface area (TPSA) is 133 Å². The van der Waals surface area contributed by atoms with E-state index in [1.807, 2.05) is 0 Å². The zero-order chi connectivity index (χ0) is 24.4. The zero-order valence-electron chi connectivity index (χ0n) is 17.9. The lowest BCUT2D eigenvalue weighted by Crippen LogP contribution is -2.37. The fourth-order valence-electron chi connectivity index (χ4n) is 3.19. The quantitative estimate of drug-likeness (QED) is 0.426. The molecule has 0 aliphatic heterocycles. The minimum Gasteiger partial charge on any atom is -0.343 e. The van der Waals surface area contributed by atoms with Crippen molar-refractivity contribution in [2.45, 2.75) is 33.0 Å². The number of amides is 1. The van der Waals surface area contributed by atoms with Crippen molar-refractivity contribution in [2.24, 2.45) is 5.41 Å². The molecule has 0 fully saturated rings. The smallest absolute Gasteiger partial charge is 0.343 e. The lowest BCUT2D eigenvalue weighted by atomic mass is 9.81. The molecule has 9 nitrogen and oxygen atoms in total. The SMILES string of the molecule is CC(C)(C)[C@@H](NC(=O)c1cc(=O)[nH]c(-c2ncccn2)n1)c1ccc(C(F)(F)F)c(NO)c1. The maximum Gasteiger partial charge on any atom is 0.418 e. The van der Waals surface area contributed by atoms with Crippen molar-refractivity contribution in [1.82, 2.24) is 25.3 Å². The second kappa shape index (κ2) is 8.98. The van der Waals surface area contributed by atoms with Crippen molar-refractivity contribution >= 4 is 11.6 Å². The van der Waals surface area contributed by atoms with Gasteiger partial charge in [0.25, 0.3) is 11.5 Å². The predicted octanol–water partition coefficient (Wildman–Crippen LogP) is 3.56. The first-order valence-corrected chi connectivity index (χ1v) is 9.71. The van der Waals surface area contributed by atoms with Crippen LogP contribution in [0.5, 0.6) is 0 Å². The van der Waals surface area contributed by atoms with E-state index in [0.29, 0.717) is 5.56 Å². The lowest BCUT2D eigenvalue weighted by Gasteiger charge is -2.32. The zero-order valence-corrected chi connectivity index (χ0v) is 17.9. The number of rotatable bonds is 5. The van der Waals surface area contributed by atoms with Crippen LogP contribution < -0.4 is 16.4 Å². The molecule has 1 aromatic carbocycles. The molecule has 0 aliphatic rings. The summed E-state index contributed by atoms with van der Waals surface area (Å²) in [5, 5.41) is 11.9. The largest absolute Gasteiger partial charge is 0.418 e. The molecule has 3 rings (SSSR count). The predicted molar refractivity (Wildman–Crippen MR) is 112 cm³/mol. The number of nitrogens with zero attached hydrogens (tertiary/aromatic N) is 3. The van der Waals surface area contributed by atoms with E-state index in [0.717, 1.165) is 18.2 Å². The van der Waals surface area contributed by atoms with Gasteiger partial charge in [-0.3, -0.25) is 20.3 Å². The number of carbonyl (C=O) groups is 1. The Morgan fingerprint density at radius 1 is 1.12 bits per heavy atom. The standard InChI is InChI=1S/C21H21F3N6O3/c1-20(2,3)16(11-5-6-12(21(22,23)24)13(9-11)30-33)29-19(32)14-10-15(31)28-18(27-14)17-25-7-4-8-26-17/h4-10,16,30,33H,1-3H3,(H,29,32)(H,27,28,31)/t16-/m0/s1. The molecule has 0 saturated carbocycles. The Hall–Kier alpha value is -3.80. The van der Waals surface area contributed by atoms with Crippen LogP contribution in [0.4, 0.5) is 18.9 Å². The molecule has 2 heterocycles. The highest BCUT2D eigenvalue weighted by Gasteiger charge is 2.35. The molecule has 3 aromatic rings. The van der Waals surface area contributed by atoms with E-state index in [4.69, 9.17) is 0 Å². The van der Waals surface area contributed by atoms with E-state index in [-0.39, 0.29) is 17.3 Å². The Balaban J connectivity index is 1.98. The highest BCUT2D eigenvalue weighted by atomic mass is 19.4. The minimum atomic E-state index is -4.69. The lowest BCUT2D eigenvalue weighted by molar-refractivity contribution is -0.137. The highest BCUT2D eigenvalue weighted by molar-refractivity contribution is 5.92. The number of benzene rings is 1. The van der Waals surface area contributed by atoms with E-state index in [9.17, 15) is 28.0 Å². The van der Waals surface area contributed by atoms with Crippen molar-refractivity contribution in [2.75, 3.05) is 5.48 Å². The summed E-state index contributed by atoms with van der Waals surface area (Å²) in [5.74, 6) is -0.628. The second-order valence-electron chi connectivity index (χ2n) is 8.24. The van der Waals surface area contributed by atoms with Crippen molar-refractivity contribution in [1.29, 1.82) is 0 Å². The maximum atomic E-state index is 13.2. The van der Waals surface area contributed by atoms with E-state index in [1.54, 1.807) is 32.3 Å². The Bertz CT molecular complexity index is 1210. The van der Waals surface area contributed by atoms with Gasteiger partial charge in [0.15, 0.2) is 11.6 Å². The van der Waals surface area contributed by atoms with Gasteiger partial charge in [-0.25, -0.2) is 15.0 Å². The van der Waals surface area contributed by atoms with Gasteiger partial charge in [-0.15, -0.1) is 0 Å². The van der Waals surface area contributed by atoms with Crippen LogP contribution in [0.25, 0.3) is 11.6 Å². The van der Waals surface area contributed by atoms with Gasteiger partial charge >= 0.3 is 6.18 Å². The summed E-state index contributed by atoms with van der Waals surface area (Å²) in [6.45, 7) is 5.32. The molecule has 0 saturated heterocycles. The fourth-order valence-corrected chi connectivity index (χ4v) is 3.19. The van der Waals surface area contributed by atoms with Crippen LogP contribution >= 0.6 is 0 Å². The third-order valence-corrected chi connectivity index (χ3v) is 4.70. The van der Waals surface area contributed by atoms with E-state index in [2.05, 4.69) is 25.3 Å². The summed E-state index contributed by atoms with van der Waals surface area (Å²) in [6.07, 6.45) is -1.79. The molecule has 0 aliphatic carbocycles. The van der Waals surface area contributed by atoms with Crippen molar-refractivity contribution in [3.05, 3.63) is 69.9 Å². The molecule has 174 valence electrons. The summed E-state index contributed by atoms with van der Waals surface area (Å²) in [4.78, 5) is 39.6. The number of aromatic amines is 1. The number of nitrogens with one attached hydrogen (secondary N) is 3. The van der Waals surface area contributed by atoms with Gasteiger partial charge in [-0.05, 0) is 29.2 Å². The number of carbonyl (C=O) groups excluding carboxylic acids is 1. The number of hydrogen-bond donors (Lipinski definition) is 4. The van der Waals surface area contributed by atoms with Crippen molar-refractivity contribution in [3.8, 4) is 11.6 Å². The van der Waals surface area contributed by atoms with Crippen molar-refractivity contribution in [3.63, 3.8) is 0 Å². The first kappa shape index (κ1) is 23.9. The third-order valence-electron chi connectivity index (χ3n) is 4.70. The van der Waals surface area contributed by atoms with Gasteiger partial charge in [0, 0.05) is 18.5 Å². The summed E-state index contributed by atoms with van der Waals surface area (Å²) in [6, 6.07) is 4.91. The third kappa shape index (κ3) is 5.52. The molecule has 33 heavy (non-hydrogen) atoms. The molecular weight excluding hydrogens is 441 g/mol. The molecule has 0 bridgehead atoms. The Labute approximate surface area is 186 Å². The molecule has 0 spiro atoms. The summed E-state index contributed by atoms with van der Waals surface area (Å²) in [5.41, 5.74) is -1.23. The van der Waals surface area contributed by atoms with E-state index < -0.39 is 40.4 Å². The van der Waals surface area contributed by atoms with Gasteiger partial charge in [-0.2, -0.15) is 13.2 Å². The van der Waals surface area contributed by atoms with Crippen LogP contribution in [0.2, 0.25) is 0 Å². The normalized spacial score (nSPS) is 12.8. The fraction of sp³-hybridized carbons (Fsp3) is 0.286. The van der Waals surface area contributed by atoms with Gasteiger partial charge in [0.1, 0.15) is 5.69 Å². The monoisotopic (exact) mass is 462 g/mol. The van der Waals surface area contributed by atoms with Crippen LogP contribution in [0.1, 0.15) is 48.4 Å². The molecule has 12 heteroatoms. The molecule has 1 atom stereocenters. The minimum absolute atomic E-state index is 0.0122. The van der Waals surface area contributed by atoms with Crippen LogP contribution in [0.3, 0.4) is 0 Å². The van der Waals surface area contributed by atoms with Gasteiger partial charge in [-0.1, -0.05) is 26.8 Å². The van der Waals surface area contributed by atoms with Crippen molar-refractivity contribution < 1.29 is 23.2 Å². The van der Waals surface area contributed by atoms with Crippen LogP contribution in [-0.2, 0) is 6.18 Å². The molecule has 4 N–H and O–H groups in total. The molecule has 0 radical (unpaired) electrons. The van der Waals surface area contributed by atoms with Crippen LogP contribution in [0, 0.1) is 5.41 Å². The molecule has 2 aromatic heterocycles. The molecular formula is C21H21F3N6O3. The Kier molecular flexibility index (Phi) is 6.49. The van der Waals surface area contributed by atoms with E-state index in [1.165, 1.54) is 18.5 Å². The average Bonchev–Trinajstić information content (AvgIpc) is 2.75. The molecule has 1 amide bonds. The number of aromatic nitrogens is 4. The average molecular weight is 462 g/mol. The highest BCUT2D eigenvalue weighted by Crippen LogP contribution is 2.39. The second-order valence-corrected chi connectivity index (χ2v) is 8.24. The van der Waals surface area contributed by atoms with Gasteiger partial charge < -0.3 is 10.3 Å². The maximum absolute atomic E-state index is 13.2. The summed E-state index contributed by atoms with van der Waals surface area (Å²) < 4.78 is 39.5. The first-order valence-electron chi connectivity index (χ1n) is 9.71. The summed E-state index contributed by atoms with van der Waals surface area (Å²) >= 11 is 0. The van der Waals surface area contributed by atoms with Gasteiger partial charge in [0.05, 0.1) is 17.3 Å². The number of halogens is 3. The number of anilines is 1. The van der Waals surface area contributed by atoms with Crippen LogP contribution in [-0.4, -0.2) is 31.1 Å². The number of hydrogen-bond acceptors (Lipinski definition) is 7. The van der Waals surface area contributed by atoms with E-state index >= 15 is 0 Å². The Morgan fingerprint density at radius 3 is 2.36 bits per heavy atom. The number of alkyl halides is 3. The number of H-pyrrole nitrogens is 1. The van der Waals surface area contributed by atoms with Gasteiger partial charge in [0.2, 0.25) is 0 Å². The molecule has 0 unspecified atom stereocenters. The van der Waals surface area contributed by atoms with Crippen LogP contribution in [0.15, 0.2) is 47.5 Å². The first-order chi connectivity index (χ1) is 15.4. The Morgan fingerprint density at radius 2 is 1.79 bits per heavy atom. The summed E-state index contributed by atoms with van der Waals surface area (Å²) in [7, 11) is 0.